The molecule has 452 valence electrons. The van der Waals surface area contributed by atoms with Crippen molar-refractivity contribution in [2.24, 2.45) is 56.2 Å². The zero-order valence-corrected chi connectivity index (χ0v) is 57.4. The lowest BCUT2D eigenvalue weighted by atomic mass is 9.58. The predicted octanol–water partition coefficient (Wildman–Crippen LogP) is 22.2. The molecule has 5 heteroatoms. The standard InChI is InChI=1S/C74H129N3OS/c1-30-33-41-55(7)64(59(11)71(23,24)52-65(68(15,16)17)56(8)42-37-38-47-72(25,26)69(18,19)20)51-70(21,22)58(10)54(6)43-39-48-76-57(9)50-66(60(76)12)79-49-40-46-67(78)74(29,31-2)77(53(4)5)62(14)73(27,28)61(13)75(32-3)63-44-35-34-36-45-63/h34-36,44-45,53,58-59,61,64-66H,6-9,12,14,30-33,37-43,46-52H2,1-5,10-11,13,15-29H3. The molecule has 4 nitrogen and oxygen atoms in total. The van der Waals surface area contributed by atoms with Gasteiger partial charge in [-0.1, -0.05) is 212 Å². The molecular weight excluding hydrogens is 979 g/mol. The second-order valence-electron chi connectivity index (χ2n) is 30.3. The van der Waals surface area contributed by atoms with Gasteiger partial charge in [0.25, 0.3) is 0 Å². The van der Waals surface area contributed by atoms with Crippen molar-refractivity contribution in [3.05, 3.63) is 104 Å². The molecule has 1 aliphatic rings. The molecule has 0 aliphatic carbocycles. The Hall–Kier alpha value is -2.92. The highest BCUT2D eigenvalue weighted by Crippen LogP contribution is 2.52. The van der Waals surface area contributed by atoms with Gasteiger partial charge in [-0.15, -0.1) is 0 Å². The van der Waals surface area contributed by atoms with Crippen LogP contribution in [-0.2, 0) is 4.79 Å². The first-order valence-corrected chi connectivity index (χ1v) is 32.9. The van der Waals surface area contributed by atoms with E-state index in [-0.39, 0.29) is 33.7 Å². The topological polar surface area (TPSA) is 26.8 Å². The van der Waals surface area contributed by atoms with Crippen LogP contribution in [0.1, 0.15) is 256 Å². The summed E-state index contributed by atoms with van der Waals surface area (Å²) in [5, 5.41) is 0.290. The highest BCUT2D eigenvalue weighted by atomic mass is 32.2. The van der Waals surface area contributed by atoms with E-state index in [1.807, 2.05) is 11.8 Å². The molecular formula is C74H129N3OS. The molecule has 1 aliphatic heterocycles. The maximum Gasteiger partial charge on any atom is 0.158 e. The fraction of sp³-hybridized carbons (Fsp3) is 0.743. The number of anilines is 1. The first kappa shape index (κ1) is 72.2. The molecule has 1 fully saturated rings. The summed E-state index contributed by atoms with van der Waals surface area (Å²) in [5.41, 5.74) is 8.82. The molecule has 0 aromatic heterocycles. The van der Waals surface area contributed by atoms with Gasteiger partial charge in [0.2, 0.25) is 0 Å². The minimum atomic E-state index is -0.647. The van der Waals surface area contributed by atoms with E-state index in [4.69, 9.17) is 26.3 Å². The molecule has 1 heterocycles. The van der Waals surface area contributed by atoms with Crippen LogP contribution in [0.3, 0.4) is 0 Å². The van der Waals surface area contributed by atoms with Crippen molar-refractivity contribution < 1.29 is 4.79 Å². The van der Waals surface area contributed by atoms with Crippen LogP contribution in [0.25, 0.3) is 0 Å². The van der Waals surface area contributed by atoms with Gasteiger partial charge in [0.15, 0.2) is 5.78 Å². The zero-order valence-electron chi connectivity index (χ0n) is 56.6. The number of unbranched alkanes of at least 4 members (excludes halogenated alkanes) is 2. The fourth-order valence-corrected chi connectivity index (χ4v) is 14.2. The van der Waals surface area contributed by atoms with E-state index in [2.05, 4.69) is 217 Å². The number of carbonyl (C=O) groups is 1. The molecule has 1 aromatic carbocycles. The molecule has 1 saturated heterocycles. The molecule has 79 heavy (non-hydrogen) atoms. The van der Waals surface area contributed by atoms with Gasteiger partial charge in [0.05, 0.1) is 5.54 Å². The summed E-state index contributed by atoms with van der Waals surface area (Å²) in [7, 11) is 0. The van der Waals surface area contributed by atoms with Crippen LogP contribution in [-0.4, -0.2) is 57.3 Å². The van der Waals surface area contributed by atoms with Gasteiger partial charge in [0.1, 0.15) is 0 Å². The Kier molecular flexibility index (Phi) is 27.5. The Morgan fingerprint density at radius 1 is 0.696 bits per heavy atom. The number of allylic oxidation sites excluding steroid dienone is 4. The summed E-state index contributed by atoms with van der Waals surface area (Å²) in [6, 6.07) is 11.0. The molecule has 0 bridgehead atoms. The molecule has 0 N–H and O–H groups in total. The van der Waals surface area contributed by atoms with E-state index in [1.165, 1.54) is 54.5 Å². The number of rotatable bonds is 37. The quantitative estimate of drug-likeness (QED) is 0.0489. The summed E-state index contributed by atoms with van der Waals surface area (Å²) in [6.45, 7) is 84.9. The summed E-state index contributed by atoms with van der Waals surface area (Å²) >= 11 is 1.95. The largest absolute Gasteiger partial charge is 0.368 e. The first-order chi connectivity index (χ1) is 36.2. The molecule has 0 spiro atoms. The molecule has 0 amide bonds. The lowest BCUT2D eigenvalue weighted by Crippen LogP contribution is -2.58. The number of benzene rings is 1. The third-order valence-corrected chi connectivity index (χ3v) is 22.5. The number of nitrogens with zero attached hydrogens (tertiary/aromatic N) is 3. The number of para-hydroxylation sites is 1. The van der Waals surface area contributed by atoms with E-state index < -0.39 is 5.54 Å². The van der Waals surface area contributed by atoms with E-state index >= 15 is 0 Å². The number of carbonyl (C=O) groups excluding carboxylic acids is 1. The van der Waals surface area contributed by atoms with Crippen LogP contribution in [0.2, 0.25) is 0 Å². The maximum atomic E-state index is 14.5. The Morgan fingerprint density at radius 2 is 1.27 bits per heavy atom. The van der Waals surface area contributed by atoms with Gasteiger partial charge in [0, 0.05) is 71.5 Å². The minimum absolute atomic E-state index is 0.0585. The normalized spacial score (nSPS) is 17.8. The highest BCUT2D eigenvalue weighted by molar-refractivity contribution is 8.00. The third-order valence-electron chi connectivity index (χ3n) is 21.2. The highest BCUT2D eigenvalue weighted by Gasteiger charge is 2.46. The van der Waals surface area contributed by atoms with Gasteiger partial charge in [-0.2, -0.15) is 11.8 Å². The number of hydrogen-bond acceptors (Lipinski definition) is 5. The van der Waals surface area contributed by atoms with E-state index in [1.54, 1.807) is 0 Å². The smallest absolute Gasteiger partial charge is 0.158 e. The van der Waals surface area contributed by atoms with Crippen molar-refractivity contribution in [2.45, 2.75) is 278 Å². The van der Waals surface area contributed by atoms with Crippen LogP contribution in [0, 0.1) is 56.2 Å². The second kappa shape index (κ2) is 30.1. The van der Waals surface area contributed by atoms with Crippen molar-refractivity contribution >= 4 is 23.2 Å². The van der Waals surface area contributed by atoms with Crippen LogP contribution in [0.5, 0.6) is 0 Å². The second-order valence-corrected chi connectivity index (χ2v) is 31.6. The van der Waals surface area contributed by atoms with Crippen LogP contribution in [0.4, 0.5) is 5.69 Å². The van der Waals surface area contributed by atoms with Crippen molar-refractivity contribution in [1.29, 1.82) is 0 Å². The van der Waals surface area contributed by atoms with Crippen molar-refractivity contribution in [3.63, 3.8) is 0 Å². The van der Waals surface area contributed by atoms with E-state index in [0.717, 1.165) is 93.7 Å². The Balaban J connectivity index is 2.10. The predicted molar refractivity (Wildman–Crippen MR) is 357 cm³/mol. The number of thioether (sulfide) groups is 1. The summed E-state index contributed by atoms with van der Waals surface area (Å²) < 4.78 is 0. The first-order valence-electron chi connectivity index (χ1n) is 31.8. The SMILES string of the molecule is C=C(CCCC)C(CC(C)(C)C(C)C(=C)CCCN1C(=C)CC(SCCCC(=O)C(C)(CC)N(C(=C)C(C)(C)C(C)N(CC)c2ccccc2)C(C)C)C1=C)C(C)C(C)(C)CC(C(=C)CCCCC(C)(C)C(C)(C)C)C(C)(C)C. The van der Waals surface area contributed by atoms with Crippen molar-refractivity contribution in [3.8, 4) is 0 Å². The van der Waals surface area contributed by atoms with Gasteiger partial charge >= 0.3 is 0 Å². The van der Waals surface area contributed by atoms with Crippen molar-refractivity contribution in [1.82, 2.24) is 9.80 Å². The van der Waals surface area contributed by atoms with Gasteiger partial charge in [-0.05, 0) is 174 Å². The molecule has 7 unspecified atom stereocenters. The third kappa shape index (κ3) is 19.3. The summed E-state index contributed by atoms with van der Waals surface area (Å²) in [6.07, 6.45) is 15.7. The average molecular weight is 1110 g/mol. The Bertz CT molecular complexity index is 2140. The number of hydrogen-bond donors (Lipinski definition) is 0. The lowest BCUT2D eigenvalue weighted by molar-refractivity contribution is -0.131. The van der Waals surface area contributed by atoms with Crippen LogP contribution in [0.15, 0.2) is 104 Å². The van der Waals surface area contributed by atoms with Crippen molar-refractivity contribution in [2.75, 3.05) is 23.7 Å². The molecule has 1 aromatic rings. The minimum Gasteiger partial charge on any atom is -0.368 e. The maximum absolute atomic E-state index is 14.5. The monoisotopic (exact) mass is 1110 g/mol. The summed E-state index contributed by atoms with van der Waals surface area (Å²) in [5.74, 6) is 2.95. The Morgan fingerprint density at radius 3 is 1.78 bits per heavy atom. The number of ketones is 1. The van der Waals surface area contributed by atoms with Crippen LogP contribution < -0.4 is 4.90 Å². The molecule has 2 rings (SSSR count). The van der Waals surface area contributed by atoms with Gasteiger partial charge in [-0.25, -0.2) is 0 Å². The van der Waals surface area contributed by atoms with Crippen LogP contribution >= 0.6 is 11.8 Å². The zero-order chi connectivity index (χ0) is 60.9. The molecule has 0 saturated carbocycles. The average Bonchev–Trinajstić information content (AvgIpc) is 3.63. The lowest BCUT2D eigenvalue weighted by Gasteiger charge is -2.52. The fourth-order valence-electron chi connectivity index (χ4n) is 13.0. The number of likely N-dealkylation sites (tertiary alicyclic amines) is 1. The molecule has 0 radical (unpaired) electrons. The van der Waals surface area contributed by atoms with Gasteiger partial charge < -0.3 is 14.7 Å². The number of Topliss-reactive ketones (excluding diaryl/α,β-unsaturated/α-hetero) is 1. The Labute approximate surface area is 497 Å². The van der Waals surface area contributed by atoms with Gasteiger partial charge in [-0.3, -0.25) is 4.79 Å². The molecule has 7 atom stereocenters. The van der Waals surface area contributed by atoms with E-state index in [0.29, 0.717) is 52.0 Å². The van der Waals surface area contributed by atoms with E-state index in [9.17, 15) is 4.79 Å². The summed E-state index contributed by atoms with van der Waals surface area (Å²) in [4.78, 5) is 21.7.